The third-order valence-electron chi connectivity index (χ3n) is 2.90. The summed E-state index contributed by atoms with van der Waals surface area (Å²) in [5.41, 5.74) is 3.86. The lowest BCUT2D eigenvalue weighted by molar-refractivity contribution is 0.425. The predicted molar refractivity (Wildman–Crippen MR) is 68.8 cm³/mol. The van der Waals surface area contributed by atoms with Gasteiger partial charge in [-0.25, -0.2) is 4.68 Å². The van der Waals surface area contributed by atoms with E-state index in [1.165, 1.54) is 0 Å². The number of aryl methyl sites for hydroxylation is 2. The predicted octanol–water partition coefficient (Wildman–Crippen LogP) is 3.32. The van der Waals surface area contributed by atoms with E-state index < -0.39 is 0 Å². The molecular weight excluding hydrogens is 212 g/mol. The van der Waals surface area contributed by atoms with Crippen molar-refractivity contribution in [2.75, 3.05) is 0 Å². The van der Waals surface area contributed by atoms with Gasteiger partial charge in [0.25, 0.3) is 0 Å². The minimum Gasteiger partial charge on any atom is -0.493 e. The van der Waals surface area contributed by atoms with Crippen molar-refractivity contribution in [2.24, 2.45) is 0 Å². The Kier molecular flexibility index (Phi) is 2.92. The lowest BCUT2D eigenvalue weighted by Crippen LogP contribution is -1.96. The van der Waals surface area contributed by atoms with Gasteiger partial charge in [-0.1, -0.05) is 26.0 Å². The topological polar surface area (TPSA) is 38.0 Å². The minimum absolute atomic E-state index is 0.253. The maximum Gasteiger partial charge on any atom is 0.217 e. The summed E-state index contributed by atoms with van der Waals surface area (Å²) >= 11 is 0. The number of aromatic hydroxyl groups is 1. The molecule has 0 bridgehead atoms. The van der Waals surface area contributed by atoms with Gasteiger partial charge in [-0.3, -0.25) is 0 Å². The third-order valence-corrected chi connectivity index (χ3v) is 2.90. The second-order valence-electron chi connectivity index (χ2n) is 4.73. The van der Waals surface area contributed by atoms with Crippen LogP contribution in [0.3, 0.4) is 0 Å². The first kappa shape index (κ1) is 11.7. The number of hydrogen-bond acceptors (Lipinski definition) is 2. The second-order valence-corrected chi connectivity index (χ2v) is 4.73. The molecule has 1 heterocycles. The Morgan fingerprint density at radius 2 is 1.94 bits per heavy atom. The highest BCUT2D eigenvalue weighted by Crippen LogP contribution is 2.30. The molecule has 0 amide bonds. The highest BCUT2D eigenvalue weighted by molar-refractivity contribution is 5.43. The molecule has 1 aromatic heterocycles. The molecule has 0 aliphatic heterocycles. The fourth-order valence-corrected chi connectivity index (χ4v) is 2.14. The van der Waals surface area contributed by atoms with E-state index in [0.717, 1.165) is 22.5 Å². The summed E-state index contributed by atoms with van der Waals surface area (Å²) in [4.78, 5) is 0. The number of benzene rings is 1. The Hall–Kier alpha value is -1.77. The van der Waals surface area contributed by atoms with Crippen molar-refractivity contribution in [3.05, 3.63) is 41.1 Å². The van der Waals surface area contributed by atoms with E-state index in [1.807, 2.05) is 38.1 Å². The van der Waals surface area contributed by atoms with Gasteiger partial charge in [0.05, 0.1) is 11.4 Å². The van der Waals surface area contributed by atoms with Gasteiger partial charge >= 0.3 is 0 Å². The van der Waals surface area contributed by atoms with Gasteiger partial charge in [-0.15, -0.1) is 0 Å². The van der Waals surface area contributed by atoms with Crippen molar-refractivity contribution >= 4 is 0 Å². The maximum atomic E-state index is 10.2. The molecule has 1 aromatic carbocycles. The minimum atomic E-state index is 0.253. The van der Waals surface area contributed by atoms with E-state index in [1.54, 1.807) is 4.68 Å². The average Bonchev–Trinajstić information content (AvgIpc) is 2.54. The first-order valence-electron chi connectivity index (χ1n) is 5.86. The first-order valence-corrected chi connectivity index (χ1v) is 5.86. The van der Waals surface area contributed by atoms with Crippen LogP contribution in [-0.2, 0) is 0 Å². The molecule has 0 atom stereocenters. The zero-order chi connectivity index (χ0) is 12.6. The summed E-state index contributed by atoms with van der Waals surface area (Å²) < 4.78 is 1.61. The largest absolute Gasteiger partial charge is 0.493 e. The summed E-state index contributed by atoms with van der Waals surface area (Å²) in [6.07, 6.45) is 0. The number of nitrogens with zero attached hydrogens (tertiary/aromatic N) is 2. The van der Waals surface area contributed by atoms with Crippen molar-refractivity contribution in [3.8, 4) is 11.6 Å². The van der Waals surface area contributed by atoms with Crippen LogP contribution in [-0.4, -0.2) is 14.9 Å². The first-order chi connectivity index (χ1) is 8.00. The monoisotopic (exact) mass is 230 g/mol. The van der Waals surface area contributed by atoms with Crippen molar-refractivity contribution in [1.29, 1.82) is 0 Å². The van der Waals surface area contributed by atoms with Crippen molar-refractivity contribution < 1.29 is 5.11 Å². The lowest BCUT2D eigenvalue weighted by Gasteiger charge is -2.06. The summed E-state index contributed by atoms with van der Waals surface area (Å²) in [5, 5.41) is 14.6. The van der Waals surface area contributed by atoms with E-state index >= 15 is 0 Å². The fourth-order valence-electron chi connectivity index (χ4n) is 2.14. The number of aromatic nitrogens is 2. The summed E-state index contributed by atoms with van der Waals surface area (Å²) in [6, 6.07) is 7.95. The highest BCUT2D eigenvalue weighted by atomic mass is 16.3. The zero-order valence-electron chi connectivity index (χ0n) is 10.7. The molecule has 90 valence electrons. The average molecular weight is 230 g/mol. The van der Waals surface area contributed by atoms with Crippen LogP contribution in [0.15, 0.2) is 24.3 Å². The van der Waals surface area contributed by atoms with Gasteiger partial charge < -0.3 is 5.11 Å². The van der Waals surface area contributed by atoms with Crippen LogP contribution in [0, 0.1) is 13.8 Å². The van der Waals surface area contributed by atoms with E-state index in [0.29, 0.717) is 0 Å². The van der Waals surface area contributed by atoms with Gasteiger partial charge in [0, 0.05) is 5.56 Å². The molecular formula is C14H18N2O. The standard InChI is InChI=1S/C14H18N2O/c1-9(2)13-11(4)15-16(14(13)17)12-7-5-6-10(3)8-12/h5-9,17H,1-4H3. The van der Waals surface area contributed by atoms with Gasteiger partial charge in [-0.2, -0.15) is 5.10 Å². The molecule has 2 rings (SSSR count). The Bertz CT molecular complexity index is 541. The van der Waals surface area contributed by atoms with Crippen LogP contribution >= 0.6 is 0 Å². The van der Waals surface area contributed by atoms with Gasteiger partial charge in [-0.05, 0) is 37.5 Å². The molecule has 0 saturated heterocycles. The van der Waals surface area contributed by atoms with Crippen molar-refractivity contribution in [1.82, 2.24) is 9.78 Å². The fraction of sp³-hybridized carbons (Fsp3) is 0.357. The molecule has 0 aliphatic rings. The Morgan fingerprint density at radius 1 is 1.24 bits per heavy atom. The molecule has 2 aromatic rings. The molecule has 3 nitrogen and oxygen atoms in total. The molecule has 0 saturated carbocycles. The van der Waals surface area contributed by atoms with Crippen LogP contribution < -0.4 is 0 Å². The van der Waals surface area contributed by atoms with Gasteiger partial charge in [0.15, 0.2) is 0 Å². The van der Waals surface area contributed by atoms with Crippen LogP contribution in [0.2, 0.25) is 0 Å². The zero-order valence-corrected chi connectivity index (χ0v) is 10.7. The highest BCUT2D eigenvalue weighted by Gasteiger charge is 2.17. The normalized spacial score (nSPS) is 11.1. The summed E-state index contributed by atoms with van der Waals surface area (Å²) in [7, 11) is 0. The Balaban J connectivity index is 2.58. The molecule has 1 N–H and O–H groups in total. The molecule has 0 spiro atoms. The van der Waals surface area contributed by atoms with E-state index in [9.17, 15) is 5.11 Å². The van der Waals surface area contributed by atoms with Crippen molar-refractivity contribution in [2.45, 2.75) is 33.6 Å². The smallest absolute Gasteiger partial charge is 0.217 e. The van der Waals surface area contributed by atoms with Crippen molar-refractivity contribution in [3.63, 3.8) is 0 Å². The quantitative estimate of drug-likeness (QED) is 0.859. The lowest BCUT2D eigenvalue weighted by atomic mass is 10.0. The van der Waals surface area contributed by atoms with E-state index in [-0.39, 0.29) is 11.8 Å². The summed E-state index contributed by atoms with van der Waals surface area (Å²) in [6.45, 7) is 8.08. The van der Waals surface area contributed by atoms with E-state index in [4.69, 9.17) is 0 Å². The molecule has 0 radical (unpaired) electrons. The van der Waals surface area contributed by atoms with Gasteiger partial charge in [0.1, 0.15) is 0 Å². The Morgan fingerprint density at radius 3 is 2.47 bits per heavy atom. The molecule has 0 fully saturated rings. The molecule has 0 aliphatic carbocycles. The second kappa shape index (κ2) is 4.24. The van der Waals surface area contributed by atoms with Crippen LogP contribution in [0.5, 0.6) is 5.88 Å². The van der Waals surface area contributed by atoms with Gasteiger partial charge in [0.2, 0.25) is 5.88 Å². The SMILES string of the molecule is Cc1cccc(-n2nc(C)c(C(C)C)c2O)c1. The number of hydrogen-bond donors (Lipinski definition) is 1. The molecule has 0 unspecified atom stereocenters. The van der Waals surface area contributed by atoms with E-state index in [2.05, 4.69) is 18.9 Å². The summed E-state index contributed by atoms with van der Waals surface area (Å²) in [5.74, 6) is 0.525. The molecule has 3 heteroatoms. The van der Waals surface area contributed by atoms with Crippen LogP contribution in [0.4, 0.5) is 0 Å². The number of rotatable bonds is 2. The van der Waals surface area contributed by atoms with Crippen LogP contribution in [0.25, 0.3) is 5.69 Å². The van der Waals surface area contributed by atoms with Crippen LogP contribution in [0.1, 0.15) is 36.6 Å². The third kappa shape index (κ3) is 2.05. The molecule has 17 heavy (non-hydrogen) atoms. The Labute approximate surface area is 102 Å². The maximum absolute atomic E-state index is 10.2.